The van der Waals surface area contributed by atoms with Crippen LogP contribution in [-0.4, -0.2) is 26.2 Å². The van der Waals surface area contributed by atoms with Gasteiger partial charge in [0.2, 0.25) is 0 Å². The van der Waals surface area contributed by atoms with Gasteiger partial charge >= 0.3 is 11.9 Å². The van der Waals surface area contributed by atoms with Crippen LogP contribution in [0.3, 0.4) is 0 Å². The van der Waals surface area contributed by atoms with Gasteiger partial charge in [-0.1, -0.05) is 26.7 Å². The monoisotopic (exact) mass is 244 g/mol. The van der Waals surface area contributed by atoms with E-state index in [1.165, 1.54) is 14.2 Å². The van der Waals surface area contributed by atoms with Crippen molar-refractivity contribution in [3.05, 3.63) is 0 Å². The van der Waals surface area contributed by atoms with Gasteiger partial charge in [-0.2, -0.15) is 0 Å². The molecule has 0 saturated carbocycles. The van der Waals surface area contributed by atoms with E-state index in [1.807, 2.05) is 6.92 Å². The molecule has 0 saturated heterocycles. The van der Waals surface area contributed by atoms with Gasteiger partial charge in [0.25, 0.3) is 0 Å². The largest absolute Gasteiger partial charge is 0.469 e. The molecule has 0 rings (SSSR count). The maximum atomic E-state index is 11.2. The van der Waals surface area contributed by atoms with E-state index in [-0.39, 0.29) is 17.9 Å². The van der Waals surface area contributed by atoms with E-state index in [2.05, 4.69) is 16.4 Å². The van der Waals surface area contributed by atoms with Gasteiger partial charge in [-0.15, -0.1) is 0 Å². The van der Waals surface area contributed by atoms with E-state index in [1.54, 1.807) is 0 Å². The van der Waals surface area contributed by atoms with Crippen LogP contribution in [0.1, 0.15) is 46.0 Å². The van der Waals surface area contributed by atoms with Gasteiger partial charge < -0.3 is 9.47 Å². The van der Waals surface area contributed by atoms with Crippen molar-refractivity contribution in [1.82, 2.24) is 0 Å². The van der Waals surface area contributed by atoms with Crippen LogP contribution in [0.5, 0.6) is 0 Å². The predicted octanol–water partition coefficient (Wildman–Crippen LogP) is 2.56. The van der Waals surface area contributed by atoms with Crippen molar-refractivity contribution in [2.24, 2.45) is 11.8 Å². The second-order valence-electron chi connectivity index (χ2n) is 4.58. The van der Waals surface area contributed by atoms with Gasteiger partial charge in [-0.05, 0) is 18.8 Å². The number of carbonyl (C=O) groups excluding carboxylic acids is 2. The minimum atomic E-state index is -0.153. The van der Waals surface area contributed by atoms with Gasteiger partial charge in [-0.3, -0.25) is 9.59 Å². The molecule has 0 fully saturated rings. The Balaban J connectivity index is 3.60. The SMILES string of the molecule is COC(=O)CCC(C)CCCC(C)C(=O)OC. The van der Waals surface area contributed by atoms with Crippen LogP contribution in [-0.2, 0) is 19.1 Å². The Kier molecular flexibility index (Phi) is 8.46. The average Bonchev–Trinajstić information content (AvgIpc) is 2.34. The van der Waals surface area contributed by atoms with Crippen LogP contribution in [0.15, 0.2) is 0 Å². The molecule has 0 aliphatic carbocycles. The number of carbonyl (C=O) groups is 2. The average molecular weight is 244 g/mol. The van der Waals surface area contributed by atoms with Crippen molar-refractivity contribution in [2.45, 2.75) is 46.0 Å². The van der Waals surface area contributed by atoms with Crippen LogP contribution in [0, 0.1) is 11.8 Å². The van der Waals surface area contributed by atoms with Gasteiger partial charge in [0.05, 0.1) is 20.1 Å². The van der Waals surface area contributed by atoms with E-state index in [0.717, 1.165) is 25.7 Å². The topological polar surface area (TPSA) is 52.6 Å². The summed E-state index contributed by atoms with van der Waals surface area (Å²) in [6.07, 6.45) is 4.18. The number of ether oxygens (including phenoxy) is 2. The summed E-state index contributed by atoms with van der Waals surface area (Å²) in [4.78, 5) is 22.1. The summed E-state index contributed by atoms with van der Waals surface area (Å²) in [5, 5.41) is 0. The molecule has 0 aliphatic rings. The summed E-state index contributed by atoms with van der Waals surface area (Å²) >= 11 is 0. The third-order valence-corrected chi connectivity index (χ3v) is 3.01. The van der Waals surface area contributed by atoms with Crippen LogP contribution in [0.25, 0.3) is 0 Å². The molecule has 2 unspecified atom stereocenters. The maximum Gasteiger partial charge on any atom is 0.308 e. The zero-order valence-electron chi connectivity index (χ0n) is 11.3. The summed E-state index contributed by atoms with van der Waals surface area (Å²) in [6, 6.07) is 0. The van der Waals surface area contributed by atoms with E-state index in [4.69, 9.17) is 0 Å². The first kappa shape index (κ1) is 15.9. The lowest BCUT2D eigenvalue weighted by atomic mass is 9.95. The molecule has 0 aromatic heterocycles. The molecule has 0 radical (unpaired) electrons. The van der Waals surface area contributed by atoms with Crippen molar-refractivity contribution in [3.63, 3.8) is 0 Å². The fourth-order valence-electron chi connectivity index (χ4n) is 1.70. The highest BCUT2D eigenvalue weighted by atomic mass is 16.5. The number of hydrogen-bond acceptors (Lipinski definition) is 4. The second kappa shape index (κ2) is 9.02. The van der Waals surface area contributed by atoms with Gasteiger partial charge in [0.1, 0.15) is 0 Å². The Bertz CT molecular complexity index is 238. The molecular weight excluding hydrogens is 220 g/mol. The summed E-state index contributed by atoms with van der Waals surface area (Å²) in [7, 11) is 2.82. The van der Waals surface area contributed by atoms with Crippen LogP contribution in [0.2, 0.25) is 0 Å². The number of rotatable bonds is 8. The standard InChI is InChI=1S/C13H24O4/c1-10(8-9-12(14)16-3)6-5-7-11(2)13(15)17-4/h10-11H,5-9H2,1-4H3. The van der Waals surface area contributed by atoms with E-state index >= 15 is 0 Å². The molecule has 17 heavy (non-hydrogen) atoms. The molecular formula is C13H24O4. The first-order valence-electron chi connectivity index (χ1n) is 6.15. The van der Waals surface area contributed by atoms with Crippen LogP contribution in [0.4, 0.5) is 0 Å². The fraction of sp³-hybridized carbons (Fsp3) is 0.846. The Hall–Kier alpha value is -1.06. The van der Waals surface area contributed by atoms with Gasteiger partial charge in [-0.25, -0.2) is 0 Å². The zero-order chi connectivity index (χ0) is 13.3. The molecule has 4 heteroatoms. The third-order valence-electron chi connectivity index (χ3n) is 3.01. The first-order valence-corrected chi connectivity index (χ1v) is 6.15. The van der Waals surface area contributed by atoms with Gasteiger partial charge in [0, 0.05) is 6.42 Å². The number of methoxy groups -OCH3 is 2. The summed E-state index contributed by atoms with van der Waals surface area (Å²) < 4.78 is 9.25. The summed E-state index contributed by atoms with van der Waals surface area (Å²) in [5.74, 6) is 0.152. The number of hydrogen-bond donors (Lipinski definition) is 0. The van der Waals surface area contributed by atoms with E-state index < -0.39 is 0 Å². The molecule has 100 valence electrons. The lowest BCUT2D eigenvalue weighted by molar-refractivity contribution is -0.145. The summed E-state index contributed by atoms with van der Waals surface area (Å²) in [5.41, 5.74) is 0. The predicted molar refractivity (Wildman–Crippen MR) is 65.4 cm³/mol. The minimum Gasteiger partial charge on any atom is -0.469 e. The van der Waals surface area contributed by atoms with E-state index in [0.29, 0.717) is 12.3 Å². The lowest BCUT2D eigenvalue weighted by Gasteiger charge is -2.12. The quantitative estimate of drug-likeness (QED) is 0.616. The van der Waals surface area contributed by atoms with Crippen LogP contribution < -0.4 is 0 Å². The van der Waals surface area contributed by atoms with E-state index in [9.17, 15) is 9.59 Å². The molecule has 4 nitrogen and oxygen atoms in total. The first-order chi connectivity index (χ1) is 8.01. The van der Waals surface area contributed by atoms with Crippen molar-refractivity contribution < 1.29 is 19.1 Å². The Labute approximate surface area is 104 Å². The zero-order valence-corrected chi connectivity index (χ0v) is 11.3. The Morgan fingerprint density at radius 3 is 2.18 bits per heavy atom. The van der Waals surface area contributed by atoms with Crippen molar-refractivity contribution >= 4 is 11.9 Å². The highest BCUT2D eigenvalue weighted by Gasteiger charge is 2.13. The highest BCUT2D eigenvalue weighted by Crippen LogP contribution is 2.17. The second-order valence-corrected chi connectivity index (χ2v) is 4.58. The maximum absolute atomic E-state index is 11.2. The van der Waals surface area contributed by atoms with Crippen LogP contribution >= 0.6 is 0 Å². The molecule has 0 amide bonds. The third kappa shape index (κ3) is 7.77. The van der Waals surface area contributed by atoms with Gasteiger partial charge in [0.15, 0.2) is 0 Å². The molecule has 0 aliphatic heterocycles. The smallest absolute Gasteiger partial charge is 0.308 e. The number of esters is 2. The Morgan fingerprint density at radius 1 is 1.00 bits per heavy atom. The molecule has 0 bridgehead atoms. The highest BCUT2D eigenvalue weighted by molar-refractivity contribution is 5.71. The normalized spacial score (nSPS) is 13.9. The molecule has 0 N–H and O–H groups in total. The molecule has 0 aromatic carbocycles. The van der Waals surface area contributed by atoms with Crippen molar-refractivity contribution in [3.8, 4) is 0 Å². The minimum absolute atomic E-state index is 0.0344. The molecule has 2 atom stereocenters. The fourth-order valence-corrected chi connectivity index (χ4v) is 1.70. The van der Waals surface area contributed by atoms with Crippen molar-refractivity contribution in [1.29, 1.82) is 0 Å². The van der Waals surface area contributed by atoms with Crippen molar-refractivity contribution in [2.75, 3.05) is 14.2 Å². The lowest BCUT2D eigenvalue weighted by Crippen LogP contribution is -2.13. The molecule has 0 spiro atoms. The summed E-state index contributed by atoms with van der Waals surface area (Å²) in [6.45, 7) is 4.00. The Morgan fingerprint density at radius 2 is 1.65 bits per heavy atom. The molecule has 0 aromatic rings. The molecule has 0 heterocycles.